The first-order valence-corrected chi connectivity index (χ1v) is 7.01. The van der Waals surface area contributed by atoms with Gasteiger partial charge in [0.1, 0.15) is 5.75 Å². The summed E-state index contributed by atoms with van der Waals surface area (Å²) in [5.74, 6) is 0.927. The Labute approximate surface area is 120 Å². The molecule has 0 saturated carbocycles. The summed E-state index contributed by atoms with van der Waals surface area (Å²) in [5, 5.41) is 2.88. The van der Waals surface area contributed by atoms with Crippen molar-refractivity contribution in [1.82, 2.24) is 10.2 Å². The van der Waals surface area contributed by atoms with Crippen LogP contribution in [0.4, 0.5) is 0 Å². The Bertz CT molecular complexity index is 495. The molecule has 20 heavy (non-hydrogen) atoms. The number of nitrogens with one attached hydrogen (secondary N) is 1. The van der Waals surface area contributed by atoms with E-state index in [2.05, 4.69) is 16.3 Å². The smallest absolute Gasteiger partial charge is 0.243 e. The Morgan fingerprint density at radius 3 is 3.10 bits per heavy atom. The second kappa shape index (κ2) is 7.10. The number of nitrogens with zero attached hydrogens (tertiary/aromatic N) is 1. The zero-order valence-corrected chi connectivity index (χ0v) is 12.2. The SMILES string of the molecule is CN(C)CCCNC(=O)/C=C/c1ccc2c(c1)CCO2. The Morgan fingerprint density at radius 2 is 2.30 bits per heavy atom. The van der Waals surface area contributed by atoms with Crippen molar-refractivity contribution in [1.29, 1.82) is 0 Å². The van der Waals surface area contributed by atoms with Gasteiger partial charge in [-0.25, -0.2) is 0 Å². The van der Waals surface area contributed by atoms with E-state index < -0.39 is 0 Å². The van der Waals surface area contributed by atoms with Crippen molar-refractivity contribution < 1.29 is 9.53 Å². The number of rotatable bonds is 6. The number of hydrogen-bond acceptors (Lipinski definition) is 3. The van der Waals surface area contributed by atoms with Gasteiger partial charge in [0.2, 0.25) is 5.91 Å². The zero-order chi connectivity index (χ0) is 14.4. The van der Waals surface area contributed by atoms with Crippen molar-refractivity contribution in [2.24, 2.45) is 0 Å². The Hall–Kier alpha value is -1.81. The van der Waals surface area contributed by atoms with Gasteiger partial charge < -0.3 is 15.0 Å². The van der Waals surface area contributed by atoms with Crippen molar-refractivity contribution >= 4 is 12.0 Å². The highest BCUT2D eigenvalue weighted by atomic mass is 16.5. The van der Waals surface area contributed by atoms with Crippen LogP contribution in [0, 0.1) is 0 Å². The van der Waals surface area contributed by atoms with Crippen molar-refractivity contribution in [2.75, 3.05) is 33.8 Å². The summed E-state index contributed by atoms with van der Waals surface area (Å²) in [7, 11) is 4.05. The molecular formula is C16H22N2O2. The minimum absolute atomic E-state index is 0.0412. The molecule has 4 nitrogen and oxygen atoms in total. The van der Waals surface area contributed by atoms with Crippen LogP contribution in [0.15, 0.2) is 24.3 Å². The van der Waals surface area contributed by atoms with E-state index in [1.807, 2.05) is 32.3 Å². The maximum Gasteiger partial charge on any atom is 0.243 e. The minimum Gasteiger partial charge on any atom is -0.493 e. The maximum absolute atomic E-state index is 11.7. The third kappa shape index (κ3) is 4.38. The second-order valence-corrected chi connectivity index (χ2v) is 5.25. The van der Waals surface area contributed by atoms with E-state index in [1.54, 1.807) is 6.08 Å². The predicted molar refractivity (Wildman–Crippen MR) is 80.9 cm³/mol. The van der Waals surface area contributed by atoms with Gasteiger partial charge in [-0.3, -0.25) is 4.79 Å². The van der Waals surface area contributed by atoms with Gasteiger partial charge in [-0.1, -0.05) is 6.07 Å². The van der Waals surface area contributed by atoms with Crippen LogP contribution < -0.4 is 10.1 Å². The lowest BCUT2D eigenvalue weighted by molar-refractivity contribution is -0.116. The third-order valence-corrected chi connectivity index (χ3v) is 3.22. The molecule has 1 heterocycles. The Kier molecular flexibility index (Phi) is 5.18. The average molecular weight is 274 g/mol. The van der Waals surface area contributed by atoms with E-state index in [9.17, 15) is 4.79 Å². The van der Waals surface area contributed by atoms with Crippen molar-refractivity contribution in [3.05, 3.63) is 35.4 Å². The van der Waals surface area contributed by atoms with Crippen LogP contribution in [0.25, 0.3) is 6.08 Å². The Balaban J connectivity index is 1.79. The average Bonchev–Trinajstić information content (AvgIpc) is 2.88. The highest BCUT2D eigenvalue weighted by Gasteiger charge is 2.10. The molecule has 0 saturated heterocycles. The first-order valence-electron chi connectivity index (χ1n) is 7.01. The highest BCUT2D eigenvalue weighted by molar-refractivity contribution is 5.91. The van der Waals surface area contributed by atoms with E-state index in [4.69, 9.17) is 4.74 Å². The van der Waals surface area contributed by atoms with Gasteiger partial charge in [-0.05, 0) is 56.4 Å². The molecule has 1 aromatic carbocycles. The van der Waals surface area contributed by atoms with E-state index in [0.717, 1.165) is 37.3 Å². The van der Waals surface area contributed by atoms with Crippen LogP contribution in [-0.4, -0.2) is 44.6 Å². The van der Waals surface area contributed by atoms with Crippen molar-refractivity contribution in [3.8, 4) is 5.75 Å². The van der Waals surface area contributed by atoms with Crippen LogP contribution in [0.3, 0.4) is 0 Å². The normalized spacial score (nSPS) is 13.6. The molecule has 1 amide bonds. The summed E-state index contributed by atoms with van der Waals surface area (Å²) in [6.45, 7) is 2.45. The molecule has 2 rings (SSSR count). The zero-order valence-electron chi connectivity index (χ0n) is 12.2. The van der Waals surface area contributed by atoms with Gasteiger partial charge in [0.15, 0.2) is 0 Å². The lowest BCUT2D eigenvalue weighted by Gasteiger charge is -2.08. The molecule has 0 spiro atoms. The van der Waals surface area contributed by atoms with Crippen LogP contribution in [0.5, 0.6) is 5.75 Å². The van der Waals surface area contributed by atoms with Gasteiger partial charge in [-0.15, -0.1) is 0 Å². The summed E-state index contributed by atoms with van der Waals surface area (Å²) in [6.07, 6.45) is 5.35. The van der Waals surface area contributed by atoms with Crippen LogP contribution >= 0.6 is 0 Å². The number of benzene rings is 1. The van der Waals surface area contributed by atoms with Gasteiger partial charge in [0.05, 0.1) is 6.61 Å². The molecule has 0 unspecified atom stereocenters. The third-order valence-electron chi connectivity index (χ3n) is 3.22. The molecule has 4 heteroatoms. The van der Waals surface area contributed by atoms with Gasteiger partial charge in [0, 0.05) is 19.0 Å². The predicted octanol–water partition coefficient (Wildman–Crippen LogP) is 1.70. The molecule has 0 radical (unpaired) electrons. The monoisotopic (exact) mass is 274 g/mol. The molecule has 108 valence electrons. The molecule has 1 aromatic rings. The lowest BCUT2D eigenvalue weighted by Crippen LogP contribution is -2.25. The second-order valence-electron chi connectivity index (χ2n) is 5.25. The topological polar surface area (TPSA) is 41.6 Å². The van der Waals surface area contributed by atoms with E-state index >= 15 is 0 Å². The molecule has 0 aromatic heterocycles. The summed E-state index contributed by atoms with van der Waals surface area (Å²) in [5.41, 5.74) is 2.26. The molecule has 0 aliphatic carbocycles. The molecule has 0 bridgehead atoms. The first kappa shape index (κ1) is 14.6. The fraction of sp³-hybridized carbons (Fsp3) is 0.438. The van der Waals surface area contributed by atoms with Crippen LogP contribution in [-0.2, 0) is 11.2 Å². The minimum atomic E-state index is -0.0412. The van der Waals surface area contributed by atoms with E-state index in [0.29, 0.717) is 6.54 Å². The summed E-state index contributed by atoms with van der Waals surface area (Å²) in [4.78, 5) is 13.8. The summed E-state index contributed by atoms with van der Waals surface area (Å²) in [6, 6.07) is 6.02. The van der Waals surface area contributed by atoms with Crippen molar-refractivity contribution in [3.63, 3.8) is 0 Å². The fourth-order valence-corrected chi connectivity index (χ4v) is 2.15. The number of ether oxygens (including phenoxy) is 1. The van der Waals surface area contributed by atoms with Crippen molar-refractivity contribution in [2.45, 2.75) is 12.8 Å². The molecule has 0 fully saturated rings. The number of carbonyl (C=O) groups excluding carboxylic acids is 1. The fourth-order valence-electron chi connectivity index (χ4n) is 2.15. The summed E-state index contributed by atoms with van der Waals surface area (Å²) < 4.78 is 5.46. The van der Waals surface area contributed by atoms with Crippen LogP contribution in [0.2, 0.25) is 0 Å². The van der Waals surface area contributed by atoms with Gasteiger partial charge in [0.25, 0.3) is 0 Å². The molecule has 1 N–H and O–H groups in total. The van der Waals surface area contributed by atoms with Gasteiger partial charge in [-0.2, -0.15) is 0 Å². The van der Waals surface area contributed by atoms with Crippen LogP contribution in [0.1, 0.15) is 17.5 Å². The number of carbonyl (C=O) groups is 1. The van der Waals surface area contributed by atoms with E-state index in [-0.39, 0.29) is 5.91 Å². The van der Waals surface area contributed by atoms with E-state index in [1.165, 1.54) is 5.56 Å². The quantitative estimate of drug-likeness (QED) is 0.634. The highest BCUT2D eigenvalue weighted by Crippen LogP contribution is 2.26. The summed E-state index contributed by atoms with van der Waals surface area (Å²) >= 11 is 0. The molecule has 1 aliphatic rings. The standard InChI is InChI=1S/C16H22N2O2/c1-18(2)10-3-9-17-16(19)7-5-13-4-6-15-14(12-13)8-11-20-15/h4-7,12H,3,8-11H2,1-2H3,(H,17,19)/b7-5+. The molecule has 0 atom stereocenters. The molecule has 1 aliphatic heterocycles. The Morgan fingerprint density at radius 1 is 1.45 bits per heavy atom. The number of fused-ring (bicyclic) bond motifs is 1. The van der Waals surface area contributed by atoms with Gasteiger partial charge >= 0.3 is 0 Å². The first-order chi connectivity index (χ1) is 9.65. The lowest BCUT2D eigenvalue weighted by atomic mass is 10.1. The number of hydrogen-bond donors (Lipinski definition) is 1. The molecular weight excluding hydrogens is 252 g/mol. The maximum atomic E-state index is 11.7. The largest absolute Gasteiger partial charge is 0.493 e. The number of amides is 1.